The van der Waals surface area contributed by atoms with Gasteiger partial charge < -0.3 is 19.7 Å². The van der Waals surface area contributed by atoms with E-state index in [-0.39, 0.29) is 31.0 Å². The van der Waals surface area contributed by atoms with E-state index in [1.54, 1.807) is 56.5 Å². The van der Waals surface area contributed by atoms with Crippen LogP contribution < -0.4 is 14.8 Å². The predicted octanol–water partition coefficient (Wildman–Crippen LogP) is 4.86. The molecule has 0 spiro atoms. The van der Waals surface area contributed by atoms with Crippen LogP contribution in [0.3, 0.4) is 0 Å². The van der Waals surface area contributed by atoms with Gasteiger partial charge in [-0.05, 0) is 61.7 Å². The van der Waals surface area contributed by atoms with Gasteiger partial charge in [-0.1, -0.05) is 42.1 Å². The van der Waals surface area contributed by atoms with Gasteiger partial charge in [0.25, 0.3) is 5.91 Å². The van der Waals surface area contributed by atoms with Crippen molar-refractivity contribution in [3.63, 3.8) is 0 Å². The Morgan fingerprint density at radius 2 is 1.75 bits per heavy atom. The van der Waals surface area contributed by atoms with Crippen LogP contribution >= 0.6 is 23.2 Å². The van der Waals surface area contributed by atoms with Gasteiger partial charge in [0, 0.05) is 22.6 Å². The second kappa shape index (κ2) is 11.4. The molecule has 0 radical (unpaired) electrons. The third-order valence-electron chi connectivity index (χ3n) is 5.65. The number of amides is 2. The number of nitrogens with zero attached hydrogens (tertiary/aromatic N) is 1. The average molecular weight is 479 g/mol. The Kier molecular flexibility index (Phi) is 8.65. The van der Waals surface area contributed by atoms with E-state index in [4.69, 9.17) is 32.7 Å². The van der Waals surface area contributed by atoms with Crippen molar-refractivity contribution in [3.05, 3.63) is 58.1 Å². The number of hydrogen-bond acceptors (Lipinski definition) is 4. The Morgan fingerprint density at radius 1 is 1.09 bits per heavy atom. The first-order valence-corrected chi connectivity index (χ1v) is 11.4. The lowest BCUT2D eigenvalue weighted by Crippen LogP contribution is -2.50. The molecule has 0 aliphatic heterocycles. The van der Waals surface area contributed by atoms with Crippen LogP contribution in [0.2, 0.25) is 10.0 Å². The number of nitrogens with one attached hydrogen (secondary N) is 1. The second-order valence-electron chi connectivity index (χ2n) is 7.89. The van der Waals surface area contributed by atoms with Gasteiger partial charge in [0.15, 0.2) is 6.61 Å². The lowest BCUT2D eigenvalue weighted by Gasteiger charge is -2.30. The number of halogens is 2. The molecular weight excluding hydrogens is 451 g/mol. The van der Waals surface area contributed by atoms with Crippen molar-refractivity contribution < 1.29 is 19.1 Å². The molecule has 0 aromatic heterocycles. The van der Waals surface area contributed by atoms with Crippen molar-refractivity contribution >= 4 is 35.0 Å². The fourth-order valence-electron chi connectivity index (χ4n) is 3.71. The normalized spacial score (nSPS) is 14.6. The number of benzene rings is 2. The van der Waals surface area contributed by atoms with Gasteiger partial charge in [-0.15, -0.1) is 0 Å². The molecule has 32 heavy (non-hydrogen) atoms. The van der Waals surface area contributed by atoms with E-state index in [1.165, 1.54) is 4.90 Å². The van der Waals surface area contributed by atoms with Crippen molar-refractivity contribution in [2.24, 2.45) is 0 Å². The van der Waals surface area contributed by atoms with E-state index < -0.39 is 6.04 Å². The Labute approximate surface area is 198 Å². The number of methoxy groups -OCH3 is 1. The highest BCUT2D eigenvalue weighted by atomic mass is 35.5. The van der Waals surface area contributed by atoms with Gasteiger partial charge in [-0.3, -0.25) is 9.59 Å². The minimum absolute atomic E-state index is 0.163. The first-order valence-electron chi connectivity index (χ1n) is 10.7. The fourth-order valence-corrected chi connectivity index (χ4v) is 4.18. The molecule has 1 N–H and O–H groups in total. The van der Waals surface area contributed by atoms with Crippen LogP contribution in [0, 0.1) is 0 Å². The zero-order chi connectivity index (χ0) is 23.1. The number of hydrogen-bond donors (Lipinski definition) is 1. The van der Waals surface area contributed by atoms with Crippen LogP contribution in [-0.2, 0) is 16.1 Å². The predicted molar refractivity (Wildman–Crippen MR) is 125 cm³/mol. The molecule has 172 valence electrons. The highest BCUT2D eigenvalue weighted by molar-refractivity contribution is 6.35. The van der Waals surface area contributed by atoms with E-state index in [2.05, 4.69) is 5.32 Å². The quantitative estimate of drug-likeness (QED) is 0.558. The molecule has 2 aromatic carbocycles. The summed E-state index contributed by atoms with van der Waals surface area (Å²) in [6.45, 7) is 1.68. The van der Waals surface area contributed by atoms with E-state index in [0.29, 0.717) is 27.1 Å². The van der Waals surface area contributed by atoms with Gasteiger partial charge in [0.1, 0.15) is 17.5 Å². The molecule has 3 rings (SSSR count). The van der Waals surface area contributed by atoms with Crippen molar-refractivity contribution in [2.45, 2.75) is 51.2 Å². The standard InChI is InChI=1S/C24H28Cl2N2O4/c1-16(24(30)27-19-5-3-4-6-19)28(14-17-7-8-18(25)13-22(17)26)23(29)15-32-21-11-9-20(31-2)10-12-21/h7-13,16,19H,3-6,14-15H2,1-2H3,(H,27,30)/t16-/m1/s1. The monoisotopic (exact) mass is 478 g/mol. The Bertz CT molecular complexity index is 930. The van der Waals surface area contributed by atoms with E-state index in [0.717, 1.165) is 25.7 Å². The van der Waals surface area contributed by atoms with Gasteiger partial charge >= 0.3 is 0 Å². The van der Waals surface area contributed by atoms with Gasteiger partial charge in [0.2, 0.25) is 5.91 Å². The SMILES string of the molecule is COc1ccc(OCC(=O)N(Cc2ccc(Cl)cc2Cl)[C@H](C)C(=O)NC2CCCC2)cc1. The molecule has 1 aliphatic rings. The van der Waals surface area contributed by atoms with Crippen molar-refractivity contribution in [2.75, 3.05) is 13.7 Å². The third kappa shape index (κ3) is 6.53. The summed E-state index contributed by atoms with van der Waals surface area (Å²) in [7, 11) is 1.58. The Morgan fingerprint density at radius 3 is 2.38 bits per heavy atom. The first kappa shape index (κ1) is 24.2. The summed E-state index contributed by atoms with van der Waals surface area (Å²) < 4.78 is 10.8. The van der Waals surface area contributed by atoms with Crippen LogP contribution in [0.25, 0.3) is 0 Å². The summed E-state index contributed by atoms with van der Waals surface area (Å²) in [5.74, 6) is 0.729. The smallest absolute Gasteiger partial charge is 0.261 e. The molecule has 6 nitrogen and oxygen atoms in total. The van der Waals surface area contributed by atoms with Crippen LogP contribution in [0.15, 0.2) is 42.5 Å². The molecule has 8 heteroatoms. The molecule has 2 aromatic rings. The minimum atomic E-state index is -0.686. The maximum absolute atomic E-state index is 13.1. The zero-order valence-corrected chi connectivity index (χ0v) is 19.8. The summed E-state index contributed by atoms with van der Waals surface area (Å²) in [5, 5.41) is 4.01. The molecule has 1 saturated carbocycles. The maximum Gasteiger partial charge on any atom is 0.261 e. The van der Waals surface area contributed by atoms with Crippen LogP contribution in [0.5, 0.6) is 11.5 Å². The van der Waals surface area contributed by atoms with Gasteiger partial charge in [-0.2, -0.15) is 0 Å². The number of rotatable bonds is 9. The van der Waals surface area contributed by atoms with Gasteiger partial charge in [0.05, 0.1) is 7.11 Å². The van der Waals surface area contributed by atoms with Crippen molar-refractivity contribution in [1.29, 1.82) is 0 Å². The van der Waals surface area contributed by atoms with E-state index >= 15 is 0 Å². The Hall–Kier alpha value is -2.44. The average Bonchev–Trinajstić information content (AvgIpc) is 3.30. The third-order valence-corrected chi connectivity index (χ3v) is 6.23. The second-order valence-corrected chi connectivity index (χ2v) is 8.73. The maximum atomic E-state index is 13.1. The highest BCUT2D eigenvalue weighted by Gasteiger charge is 2.29. The molecule has 0 heterocycles. The number of carbonyl (C=O) groups is 2. The topological polar surface area (TPSA) is 67.9 Å². The highest BCUT2D eigenvalue weighted by Crippen LogP contribution is 2.24. The molecule has 1 aliphatic carbocycles. The lowest BCUT2D eigenvalue weighted by atomic mass is 10.1. The van der Waals surface area contributed by atoms with Crippen LogP contribution in [0.1, 0.15) is 38.2 Å². The fraction of sp³-hybridized carbons (Fsp3) is 0.417. The summed E-state index contributed by atoms with van der Waals surface area (Å²) >= 11 is 12.3. The number of ether oxygens (including phenoxy) is 2. The number of carbonyl (C=O) groups excluding carboxylic acids is 2. The summed E-state index contributed by atoms with van der Waals surface area (Å²) in [4.78, 5) is 27.5. The molecule has 2 amide bonds. The van der Waals surface area contributed by atoms with Gasteiger partial charge in [-0.25, -0.2) is 0 Å². The van der Waals surface area contributed by atoms with Crippen LogP contribution in [-0.4, -0.2) is 42.5 Å². The minimum Gasteiger partial charge on any atom is -0.497 e. The molecular formula is C24H28Cl2N2O4. The largest absolute Gasteiger partial charge is 0.497 e. The van der Waals surface area contributed by atoms with Crippen molar-refractivity contribution in [1.82, 2.24) is 10.2 Å². The Balaban J connectivity index is 1.72. The summed E-state index contributed by atoms with van der Waals surface area (Å²) in [5.41, 5.74) is 0.703. The van der Waals surface area contributed by atoms with Crippen LogP contribution in [0.4, 0.5) is 0 Å². The zero-order valence-electron chi connectivity index (χ0n) is 18.3. The summed E-state index contributed by atoms with van der Waals surface area (Å²) in [6.07, 6.45) is 4.15. The van der Waals surface area contributed by atoms with Crippen molar-refractivity contribution in [3.8, 4) is 11.5 Å². The van der Waals surface area contributed by atoms with E-state index in [9.17, 15) is 9.59 Å². The lowest BCUT2D eigenvalue weighted by molar-refractivity contribution is -0.142. The van der Waals surface area contributed by atoms with E-state index in [1.807, 2.05) is 0 Å². The summed E-state index contributed by atoms with van der Waals surface area (Å²) in [6, 6.07) is 11.5. The molecule has 1 fully saturated rings. The molecule has 0 bridgehead atoms. The first-order chi connectivity index (χ1) is 15.4. The molecule has 1 atom stereocenters. The molecule has 0 saturated heterocycles. The molecule has 0 unspecified atom stereocenters.